The fourth-order valence-electron chi connectivity index (χ4n) is 7.36. The Morgan fingerprint density at radius 2 is 1.80 bits per heavy atom. The minimum atomic E-state index is -5.42. The van der Waals surface area contributed by atoms with Gasteiger partial charge in [0.25, 0.3) is 0 Å². The van der Waals surface area contributed by atoms with Crippen LogP contribution in [0.3, 0.4) is 0 Å². The van der Waals surface area contributed by atoms with Crippen molar-refractivity contribution in [2.24, 2.45) is 5.11 Å². The monoisotopic (exact) mass is 1120 g/mol. The van der Waals surface area contributed by atoms with Crippen LogP contribution in [0.25, 0.3) is 21.6 Å². The van der Waals surface area contributed by atoms with Gasteiger partial charge in [0.05, 0.1) is 0 Å². The Balaban J connectivity index is 1.19. The zero-order valence-corrected chi connectivity index (χ0v) is 43.3. The van der Waals surface area contributed by atoms with E-state index in [-0.39, 0.29) is 60.5 Å². The van der Waals surface area contributed by atoms with E-state index in [1.165, 1.54) is 44.7 Å². The normalized spacial score (nSPS) is 22.1. The number of fused-ring (bicyclic) bond motifs is 1. The van der Waals surface area contributed by atoms with E-state index in [0.717, 1.165) is 10.9 Å². The topological polar surface area (TPSA) is 447 Å². The van der Waals surface area contributed by atoms with Crippen molar-refractivity contribution < 1.29 is 80.9 Å². The van der Waals surface area contributed by atoms with Gasteiger partial charge in [-0.3, -0.25) is 0 Å². The maximum absolute atomic E-state index is 14.3. The molecule has 5 heterocycles. The van der Waals surface area contributed by atoms with Crippen LogP contribution in [-0.4, -0.2) is 145 Å². The summed E-state index contributed by atoms with van der Waals surface area (Å²) < 4.78 is 58.1. The molecule has 11 N–H and O–H groups in total. The molecule has 0 saturated carbocycles. The van der Waals surface area contributed by atoms with Gasteiger partial charge in [-0.25, -0.2) is 4.79 Å². The number of alkyl carbamates (subject to hydrolysis) is 2. The van der Waals surface area contributed by atoms with E-state index in [1.807, 2.05) is 0 Å². The molecule has 2 aliphatic heterocycles. The Morgan fingerprint density at radius 1 is 1.05 bits per heavy atom. The number of phosphoric ester groups is 1. The quantitative estimate of drug-likeness (QED) is 0.00980. The number of hydrogen-bond acceptors (Lipinski definition) is 25. The number of phosphoric acid groups is 1. The van der Waals surface area contributed by atoms with Crippen molar-refractivity contribution in [2.75, 3.05) is 37.5 Å². The number of azide groups is 1. The average Bonchev–Trinajstić information content (AvgIpc) is 4.02. The molecule has 31 nitrogen and oxygen atoms in total. The van der Waals surface area contributed by atoms with E-state index in [1.54, 1.807) is 51.3 Å². The summed E-state index contributed by atoms with van der Waals surface area (Å²) in [7, 11) is -7.80. The Hall–Kier alpha value is -5.47. The Labute approximate surface area is 428 Å². The zero-order valence-electron chi connectivity index (χ0n) is 39.8. The second kappa shape index (κ2) is 25.4. The predicted molar refractivity (Wildman–Crippen MR) is 263 cm³/mol. The predicted octanol–water partition coefficient (Wildman–Crippen LogP) is 2.53. The fraction of sp³-hybridized carbons (Fsp3) is 0.538. The number of anilines is 2. The number of rotatable bonds is 23. The number of nitrogen functional groups attached to an aromatic ring is 2. The number of imidazole rings is 1. The van der Waals surface area contributed by atoms with Crippen molar-refractivity contribution in [3.8, 4) is 0 Å². The molecule has 1 aromatic carbocycles. The molecule has 2 amide bonds. The number of hydrogen-bond donors (Lipinski definition) is 9. The smallest absolute Gasteiger partial charge is 0.445 e. The summed E-state index contributed by atoms with van der Waals surface area (Å²) in [6.45, 7) is 3.04. The summed E-state index contributed by atoms with van der Waals surface area (Å²) in [6.07, 6.45) is -7.32. The van der Waals surface area contributed by atoms with Crippen molar-refractivity contribution >= 4 is 84.2 Å². The van der Waals surface area contributed by atoms with Crippen molar-refractivity contribution in [1.29, 1.82) is 0 Å². The fourth-order valence-corrected chi connectivity index (χ4v) is 10.8. The number of aliphatic hydroxyl groups is 1. The minimum Gasteiger partial charge on any atom is -0.445 e. The molecule has 2 fully saturated rings. The molecule has 35 heteroatoms. The molecular formula is C39H55N13O18P2S2. The molecule has 0 spiro atoms. The van der Waals surface area contributed by atoms with E-state index < -0.39 is 108 Å². The van der Waals surface area contributed by atoms with E-state index in [4.69, 9.17) is 49.7 Å². The maximum atomic E-state index is 14.3. The van der Waals surface area contributed by atoms with Gasteiger partial charge in [0.2, 0.25) is 0 Å². The van der Waals surface area contributed by atoms with Crippen LogP contribution in [0.5, 0.6) is 0 Å². The van der Waals surface area contributed by atoms with Gasteiger partial charge in [-0.05, 0) is 17.4 Å². The number of ether oxygens (including phenoxy) is 5. The molecule has 9 atom stereocenters. The molecule has 74 heavy (non-hydrogen) atoms. The Kier molecular flexibility index (Phi) is 19.8. The molecule has 406 valence electrons. The number of esters is 1. The Morgan fingerprint density at radius 3 is 2.47 bits per heavy atom. The first-order valence-electron chi connectivity index (χ1n) is 22.1. The standard InChI is InChI=1S/C39H55N13O18P2S2/c1-39(2,3)69-38(57)47-23(10-9-22(74-73-4)14-43-37(56)63-15-20-5-7-21(8-6-20)49-50-42)35(54)68-31-26(67-34(30(31)53)52-19-46-29-32(41)44-18-45-33(29)52)17-65-72(61,62)70-24-13-28(51-12-11-27(40)48-36(51)55)66-25(24)16-64-71(58,59)60/h5-8,11-12,18-19,22-26,28,30-31,34,53,61-62,72H,9-10,13-17H2,1-4H3,(H,43,56)(H,47,57)(H2,40,48,55)(H2,41,44,45)(H2,58,59,60)/t22-,23-,24-,25+,26+,28+,30+,31+,34+/m0/s1. The van der Waals surface area contributed by atoms with Crippen molar-refractivity contribution in [3.63, 3.8) is 0 Å². The Bertz CT molecular complexity index is 2750. The number of aliphatic hydroxyl groups excluding tert-OH is 1. The summed E-state index contributed by atoms with van der Waals surface area (Å²) in [5, 5.41) is 20.2. The van der Waals surface area contributed by atoms with Crippen LogP contribution >= 0.6 is 37.6 Å². The molecule has 0 aliphatic carbocycles. The van der Waals surface area contributed by atoms with Crippen LogP contribution in [0.15, 0.2) is 59.1 Å². The molecule has 6 rings (SSSR count). The van der Waals surface area contributed by atoms with Gasteiger partial charge in [0.1, 0.15) is 6.61 Å². The minimum absolute atomic E-state index is 0.0194. The van der Waals surface area contributed by atoms with Gasteiger partial charge in [0, 0.05) is 10.6 Å². The van der Waals surface area contributed by atoms with Gasteiger partial charge in [-0.1, -0.05) is 29.4 Å². The first-order valence-corrected chi connectivity index (χ1v) is 28.0. The summed E-state index contributed by atoms with van der Waals surface area (Å²) >= 11 is 0. The number of nitrogens with one attached hydrogen (secondary N) is 2. The third kappa shape index (κ3) is 16.5. The van der Waals surface area contributed by atoms with Crippen LogP contribution in [-0.2, 0) is 53.2 Å². The summed E-state index contributed by atoms with van der Waals surface area (Å²) in [5.41, 5.74) is 19.6. The van der Waals surface area contributed by atoms with E-state index in [2.05, 4.69) is 45.1 Å². The van der Waals surface area contributed by atoms with E-state index >= 15 is 0 Å². The second-order valence-corrected chi connectivity index (χ2v) is 22.9. The molecule has 0 radical (unpaired) electrons. The molecular weight excluding hydrogens is 1060 g/mol. The van der Waals surface area contributed by atoms with E-state index in [9.17, 15) is 48.4 Å². The second-order valence-electron chi connectivity index (χ2n) is 17.2. The van der Waals surface area contributed by atoms with Gasteiger partial charge in [-0.2, -0.15) is 0 Å². The van der Waals surface area contributed by atoms with Crippen LogP contribution in [0.4, 0.5) is 26.9 Å². The van der Waals surface area contributed by atoms with Crippen LogP contribution in [0, 0.1) is 0 Å². The number of benzene rings is 1. The first kappa shape index (κ1) is 57.8. The number of nitrogens with two attached hydrogens (primary N) is 2. The summed E-state index contributed by atoms with van der Waals surface area (Å²) in [6, 6.07) is 6.19. The van der Waals surface area contributed by atoms with Crippen LogP contribution in [0.2, 0.25) is 0 Å². The third-order valence-corrected chi connectivity index (χ3v) is 14.5. The number of nitrogens with zero attached hydrogens (tertiary/aromatic N) is 9. The van der Waals surface area contributed by atoms with Crippen LogP contribution in [0.1, 0.15) is 58.1 Å². The summed E-state index contributed by atoms with van der Waals surface area (Å²) in [4.78, 5) is 113. The number of carbonyl (C=O) groups is 3. The van der Waals surface area contributed by atoms with Crippen molar-refractivity contribution in [2.45, 2.75) is 107 Å². The zero-order chi connectivity index (χ0) is 54.0. The molecule has 4 aromatic rings. The van der Waals surface area contributed by atoms with Crippen molar-refractivity contribution in [3.05, 3.63) is 75.7 Å². The van der Waals surface area contributed by atoms with Gasteiger partial charge >= 0.3 is 356 Å². The molecule has 2 aliphatic rings. The third-order valence-electron chi connectivity index (χ3n) is 10.6. The molecule has 0 unspecified atom stereocenters. The van der Waals surface area contributed by atoms with Crippen molar-refractivity contribution in [1.82, 2.24) is 39.7 Å². The molecule has 3 aromatic heterocycles. The van der Waals surface area contributed by atoms with E-state index in [0.29, 0.717) is 11.3 Å². The van der Waals surface area contributed by atoms with Gasteiger partial charge < -0.3 is 4.74 Å². The number of carbonyl (C=O) groups excluding carboxylic acids is 3. The average molecular weight is 1120 g/mol. The first-order chi connectivity index (χ1) is 34.9. The number of aromatic nitrogens is 6. The molecule has 2 saturated heterocycles. The molecule has 0 bridgehead atoms. The van der Waals surface area contributed by atoms with Crippen LogP contribution < -0.4 is 27.8 Å². The van der Waals surface area contributed by atoms with Gasteiger partial charge in [0.15, 0.2) is 0 Å². The SMILES string of the molecule is CSS[C@@H](CC[C@H](NC(=O)OC(C)(C)C)C(=O)O[C@H]1[C@@H](O)[C@H](n2cnc3c(N)ncnc32)O[C@@H]1CO[PH](O)(O)O[C@H]1C[C@H](n2ccc(N)nc2=O)O[C@@H]1COP(=O)(O)O)CNC(=O)OCc1ccc(N=[N+]=[N-])cc1. The van der Waals surface area contributed by atoms with Gasteiger partial charge in [-0.15, -0.1) is 0 Å². The summed E-state index contributed by atoms with van der Waals surface area (Å²) in [5.74, 6) is -1.24. The number of amides is 2.